The maximum Gasteiger partial charge on any atom is 0.416 e. The summed E-state index contributed by atoms with van der Waals surface area (Å²) < 4.78 is 379. The van der Waals surface area contributed by atoms with Gasteiger partial charge in [0.1, 0.15) is 28.9 Å². The first-order valence-electron chi connectivity index (χ1n) is 42.7. The van der Waals surface area contributed by atoms with Crippen molar-refractivity contribution >= 4 is 80.4 Å². The number of carbonyl (C=O) groups is 4. The maximum absolute atomic E-state index is 14.4. The lowest BCUT2D eigenvalue weighted by Gasteiger charge is -2.48. The Morgan fingerprint density at radius 2 is 0.909 bits per heavy atom. The molecule has 6 atom stereocenters. The average Bonchev–Trinajstić information content (AvgIpc) is 1.65. The van der Waals surface area contributed by atoms with Crippen molar-refractivity contribution in [1.82, 2.24) is 14.7 Å². The molecule has 1 amide bonds. The largest absolute Gasteiger partial charge is 0.505 e. The molecule has 7 aliphatic rings. The standard InChI is InChI=1S/C30H32F5N3O5.C22H29FN2O5.C11H11F4IO.C8H7F4NO.C8H3F4NO.C7H2F5I.C7H3F5/c1-17-13-36(8-9-38(17)21-4-5-24(31)23(12-21)27(39)40)22-6-7-29(43-15-22,19-2-3-19)28(41)37-14-18-10-20(30(33,34)35)11-25(32)26(18)42-16-37;1-14-12-24(17-7-8-22(21(27)28,30-13-17)15-3-4-15)9-10-25(14)16-5-6-19(23)18(11-16)20(26)29-2;1-10(2,3)17-9-7(12)4-6(5-8(9)16)11(13,14)15;2*9-6-2-5(8(10,11)12)1-4(3-13)7(6)14;8-4-1-3(7(10,11)12)2-5(13)6(4)9;8-5-2-1-4(3-6(5)9)7(10,11)12/h4-5,10-12,17,19,22H,2-3,6-9,13-16H2,1H3,(H,39,40);5-6,11,14-15,17H,3-4,7-10,12-13H2,1-2H3,(H,27,28);4-5H,1-3H3;1-2,14H,3,13H2;1-2,14H;1-2H;1-3H/t17-,22+,29-;14-,17+,22-;;;;;/m00...../s1. The van der Waals surface area contributed by atoms with Crippen LogP contribution in [0, 0.1) is 88.5 Å². The molecule has 5 heterocycles. The Kier molecular flexibility index (Phi) is 37.5. The van der Waals surface area contributed by atoms with Gasteiger partial charge < -0.3 is 64.5 Å². The van der Waals surface area contributed by atoms with E-state index >= 15 is 0 Å². The Labute approximate surface area is 823 Å². The summed E-state index contributed by atoms with van der Waals surface area (Å²) in [5.74, 6) is -17.1. The minimum atomic E-state index is -4.74. The van der Waals surface area contributed by atoms with Crippen molar-refractivity contribution in [2.45, 2.75) is 177 Å². The van der Waals surface area contributed by atoms with Crippen molar-refractivity contribution in [2.24, 2.45) is 17.6 Å². The number of benzene rings is 8. The molecule has 143 heavy (non-hydrogen) atoms. The fourth-order valence-corrected chi connectivity index (χ4v) is 17.3. The van der Waals surface area contributed by atoms with Crippen molar-refractivity contribution in [3.8, 4) is 29.1 Å². The Morgan fingerprint density at radius 1 is 0.490 bits per heavy atom. The molecule has 8 aromatic rings. The van der Waals surface area contributed by atoms with Gasteiger partial charge in [0.15, 0.2) is 81.9 Å². The number of carboxylic acids is 2. The molecule has 4 saturated heterocycles. The number of halogens is 30. The highest BCUT2D eigenvalue weighted by Gasteiger charge is 2.58. The number of amides is 1. The predicted octanol–water partition coefficient (Wildman–Crippen LogP) is 23.1. The molecule has 2 saturated carbocycles. The molecule has 782 valence electrons. The number of phenolic OH excluding ortho intramolecular Hbond substituents is 2. The van der Waals surface area contributed by atoms with Crippen LogP contribution in [0.25, 0.3) is 0 Å². The van der Waals surface area contributed by atoms with E-state index in [0.717, 1.165) is 69.6 Å². The molecular formula is C93H87F28I2N7O13. The number of nitrogens with two attached hydrogens (primary N) is 1. The fraction of sp³-hybridized carbons (Fsp3) is 0.430. The molecule has 20 nitrogen and oxygen atoms in total. The second kappa shape index (κ2) is 46.3. The van der Waals surface area contributed by atoms with E-state index in [9.17, 15) is 152 Å². The van der Waals surface area contributed by atoms with Gasteiger partial charge in [0.25, 0.3) is 5.91 Å². The van der Waals surface area contributed by atoms with Crippen molar-refractivity contribution in [2.75, 3.05) is 76.1 Å². The van der Waals surface area contributed by atoms with Gasteiger partial charge in [-0.05, 0) is 258 Å². The summed E-state index contributed by atoms with van der Waals surface area (Å²) in [5.41, 5.74) is -4.74. The Hall–Kier alpha value is -10.8. The quantitative estimate of drug-likeness (QED) is 0.0329. The second-order valence-corrected chi connectivity index (χ2v) is 36.9. The smallest absolute Gasteiger partial charge is 0.416 e. The SMILES string of the molecule is CC(C)(C)Oc1c(F)cc(C(F)(F)F)cc1I.COC(=O)c1cc(N2CCN([C@@H]3CC[C@@](C(=O)O)(C4CC4)OC3)C[C@@H]2C)ccc1F.C[C@H]1CN([C@@H]2CC[C@@](C(=O)N3COc4c(F)cc(C(F)(F)F)cc4C3)(C3CC3)OC2)CCN1c1ccc(F)c(C(=O)O)c1.Fc1cc(C(F)(F)F)cc(I)c1F.Fc1ccc(C(F)(F)F)cc1F.N#Cc1cc(C(F)(F)F)cc(F)c1O.NCc1cc(C(F)(F)F)cc(F)c1O. The van der Waals surface area contributed by atoms with Crippen LogP contribution in [0.1, 0.15) is 157 Å². The van der Waals surface area contributed by atoms with Gasteiger partial charge in [-0.2, -0.15) is 84.3 Å². The fourth-order valence-electron chi connectivity index (χ4n) is 16.0. The average molecular weight is 2300 g/mol. The second-order valence-electron chi connectivity index (χ2n) is 34.6. The highest BCUT2D eigenvalue weighted by atomic mass is 127. The number of phenols is 2. The first-order chi connectivity index (χ1) is 66.2. The summed E-state index contributed by atoms with van der Waals surface area (Å²) in [5, 5.41) is 45.1. The number of hydrogen-bond acceptors (Lipinski definition) is 17. The van der Waals surface area contributed by atoms with Crippen LogP contribution in [0.3, 0.4) is 0 Å². The number of carbonyl (C=O) groups excluding carboxylic acids is 2. The van der Waals surface area contributed by atoms with Gasteiger partial charge >= 0.3 is 55.0 Å². The number of methoxy groups -OCH3 is 1. The van der Waals surface area contributed by atoms with Crippen LogP contribution in [0.15, 0.2) is 115 Å². The Morgan fingerprint density at radius 3 is 1.33 bits per heavy atom. The lowest BCUT2D eigenvalue weighted by molar-refractivity contribution is -0.182. The van der Waals surface area contributed by atoms with Gasteiger partial charge in [0.05, 0.1) is 84.1 Å². The van der Waals surface area contributed by atoms with Gasteiger partial charge in [-0.1, -0.05) is 0 Å². The number of fused-ring (bicyclic) bond motifs is 1. The summed E-state index contributed by atoms with van der Waals surface area (Å²) in [6.45, 7) is 13.3. The van der Waals surface area contributed by atoms with Gasteiger partial charge in [0.2, 0.25) is 0 Å². The van der Waals surface area contributed by atoms with Crippen molar-refractivity contribution in [1.29, 1.82) is 5.26 Å². The molecule has 0 unspecified atom stereocenters. The zero-order valence-electron chi connectivity index (χ0n) is 75.4. The number of esters is 1. The Bertz CT molecular complexity index is 5890. The number of hydrogen-bond donors (Lipinski definition) is 5. The van der Waals surface area contributed by atoms with Crippen molar-refractivity contribution < 1.29 is 186 Å². The number of aliphatic carboxylic acids is 1. The topological polar surface area (TPSA) is 261 Å². The summed E-state index contributed by atoms with van der Waals surface area (Å²) in [6.07, 6.45) is -21.9. The van der Waals surface area contributed by atoms with Crippen LogP contribution in [-0.4, -0.2) is 166 Å². The molecule has 0 radical (unpaired) electrons. The van der Waals surface area contributed by atoms with E-state index in [1.54, 1.807) is 61.6 Å². The third kappa shape index (κ3) is 29.6. The summed E-state index contributed by atoms with van der Waals surface area (Å²) in [4.78, 5) is 59.1. The monoisotopic (exact) mass is 2300 g/mol. The predicted molar refractivity (Wildman–Crippen MR) is 470 cm³/mol. The first-order valence-corrected chi connectivity index (χ1v) is 44.9. The molecule has 0 aromatic heterocycles. The van der Waals surface area contributed by atoms with Crippen molar-refractivity contribution in [3.05, 3.63) is 242 Å². The summed E-state index contributed by atoms with van der Waals surface area (Å²) in [7, 11) is 1.24. The number of carboxylic acid groups (broad SMARTS) is 2. The number of rotatable bonds is 12. The van der Waals surface area contributed by atoms with Gasteiger partial charge in [-0.3, -0.25) is 14.6 Å². The van der Waals surface area contributed by atoms with E-state index in [1.807, 2.05) is 11.8 Å². The minimum Gasteiger partial charge on any atom is -0.505 e. The molecule has 5 aliphatic heterocycles. The van der Waals surface area contributed by atoms with Crippen LogP contribution in [0.4, 0.5) is 134 Å². The number of ether oxygens (including phenoxy) is 5. The third-order valence-corrected chi connectivity index (χ3v) is 25.1. The Balaban J connectivity index is 0.000000199. The highest BCUT2D eigenvalue weighted by molar-refractivity contribution is 14.1. The van der Waals surface area contributed by atoms with E-state index in [4.69, 9.17) is 40.2 Å². The normalized spacial score (nSPS) is 20.1. The number of alkyl halides is 18. The molecule has 6 fully saturated rings. The molecular weight excluding hydrogens is 2210 g/mol. The van der Waals surface area contributed by atoms with E-state index in [-0.39, 0.29) is 127 Å². The molecule has 2 aliphatic carbocycles. The molecule has 50 heteroatoms. The number of nitriles is 1. The molecule has 6 N–H and O–H groups in total. The zero-order chi connectivity index (χ0) is 107. The highest BCUT2D eigenvalue weighted by Crippen LogP contribution is 2.51. The summed E-state index contributed by atoms with van der Waals surface area (Å²) >= 11 is 2.93. The van der Waals surface area contributed by atoms with Gasteiger partial charge in [-0.25, -0.2) is 58.3 Å². The number of aromatic hydroxyl groups is 2. The number of aromatic carboxylic acids is 1. The zero-order valence-corrected chi connectivity index (χ0v) is 79.7. The summed E-state index contributed by atoms with van der Waals surface area (Å²) in [6, 6.07) is 16.0. The molecule has 0 bridgehead atoms. The van der Waals surface area contributed by atoms with E-state index in [1.165, 1.54) is 58.9 Å². The van der Waals surface area contributed by atoms with Crippen molar-refractivity contribution in [3.63, 3.8) is 0 Å². The van der Waals surface area contributed by atoms with Crippen LogP contribution in [-0.2, 0) is 73.9 Å². The van der Waals surface area contributed by atoms with Gasteiger partial charge in [0, 0.05) is 92.5 Å². The number of anilines is 2. The lowest BCUT2D eigenvalue weighted by Crippen LogP contribution is -2.61. The number of nitrogens with zero attached hydrogens (tertiary/aromatic N) is 6. The van der Waals surface area contributed by atoms with Crippen LogP contribution >= 0.6 is 45.2 Å². The van der Waals surface area contributed by atoms with E-state index < -0.39 is 180 Å². The minimum absolute atomic E-state index is 0.00160. The van der Waals surface area contributed by atoms with Gasteiger partial charge in [-0.15, -0.1) is 0 Å². The van der Waals surface area contributed by atoms with Crippen LogP contribution < -0.4 is 25.0 Å². The van der Waals surface area contributed by atoms with Crippen LogP contribution in [0.5, 0.6) is 23.0 Å². The number of piperazine rings is 2. The molecule has 8 aromatic carbocycles. The van der Waals surface area contributed by atoms with E-state index in [0.29, 0.717) is 100 Å². The molecule has 0 spiro atoms. The maximum atomic E-state index is 14.4. The lowest BCUT2D eigenvalue weighted by atomic mass is 9.85. The first kappa shape index (κ1) is 116. The third-order valence-electron chi connectivity index (χ3n) is 23.5. The molecule has 15 rings (SSSR count). The van der Waals surface area contributed by atoms with Crippen LogP contribution in [0.2, 0.25) is 0 Å². The van der Waals surface area contributed by atoms with E-state index in [2.05, 4.69) is 26.4 Å².